The fourth-order valence-corrected chi connectivity index (χ4v) is 1.68. The second-order valence-electron chi connectivity index (χ2n) is 4.45. The van der Waals surface area contributed by atoms with Crippen LogP contribution in [-0.2, 0) is 15.8 Å². The minimum absolute atomic E-state index is 0.0828. The van der Waals surface area contributed by atoms with Gasteiger partial charge in [0.05, 0.1) is 12.3 Å². The molecule has 2 heterocycles. The number of carbonyl (C=O) groups is 2. The number of nitrogens with one attached hydrogen (secondary N) is 1. The average Bonchev–Trinajstić information content (AvgIpc) is 2.93. The number of carbonyl (C=O) groups excluding carboxylic acids is 2. The lowest BCUT2D eigenvalue weighted by Crippen LogP contribution is -2.32. The molecule has 0 saturated carbocycles. The van der Waals surface area contributed by atoms with Gasteiger partial charge in [0.2, 0.25) is 6.10 Å². The average molecular weight is 316 g/mol. The molecule has 7 nitrogen and oxygen atoms in total. The molecule has 0 aliphatic carbocycles. The highest BCUT2D eigenvalue weighted by atomic mass is 19.4. The Labute approximate surface area is 122 Å². The third-order valence-electron chi connectivity index (χ3n) is 2.77. The van der Waals surface area contributed by atoms with Crippen LogP contribution in [0.3, 0.4) is 0 Å². The van der Waals surface area contributed by atoms with Crippen LogP contribution in [0.2, 0.25) is 0 Å². The third kappa shape index (κ3) is 3.71. The Morgan fingerprint density at radius 3 is 2.73 bits per heavy atom. The predicted octanol–water partition coefficient (Wildman–Crippen LogP) is 0.460. The van der Waals surface area contributed by atoms with Gasteiger partial charge < -0.3 is 15.9 Å². The summed E-state index contributed by atoms with van der Waals surface area (Å²) in [6.45, 7) is -0.0828. The number of primary amides is 1. The van der Waals surface area contributed by atoms with Gasteiger partial charge in [-0.2, -0.15) is 13.2 Å². The van der Waals surface area contributed by atoms with Gasteiger partial charge in [-0.3, -0.25) is 9.59 Å². The molecular weight excluding hydrogens is 305 g/mol. The summed E-state index contributed by atoms with van der Waals surface area (Å²) in [6, 6.07) is 3.01. The van der Waals surface area contributed by atoms with Gasteiger partial charge in [-0.25, -0.2) is 4.98 Å². The molecule has 118 valence electrons. The number of pyridine rings is 1. The molecule has 1 aliphatic heterocycles. The van der Waals surface area contributed by atoms with E-state index in [4.69, 9.17) is 10.6 Å². The fraction of sp³-hybridized carbons (Fsp3) is 0.333. The van der Waals surface area contributed by atoms with Crippen molar-refractivity contribution in [2.24, 2.45) is 10.9 Å². The Bertz CT molecular complexity index is 630. The van der Waals surface area contributed by atoms with Gasteiger partial charge in [0.25, 0.3) is 11.8 Å². The number of hydrogen-bond donors (Lipinski definition) is 2. The standard InChI is InChI=1S/C12H11F3N4O3/c13-12(14,15)9-3-1-2-7(18-9)11(21)17-5-6-4-8(10(16)20)22-19-6/h1-3,8H,4-5H2,(H2,16,20)(H,17,21). The number of nitrogens with zero attached hydrogens (tertiary/aromatic N) is 2. The molecule has 0 aromatic carbocycles. The molecule has 0 fully saturated rings. The van der Waals surface area contributed by atoms with Crippen LogP contribution in [0.4, 0.5) is 13.2 Å². The maximum atomic E-state index is 12.5. The van der Waals surface area contributed by atoms with E-state index in [9.17, 15) is 22.8 Å². The van der Waals surface area contributed by atoms with Gasteiger partial charge in [0, 0.05) is 6.42 Å². The number of alkyl halides is 3. The number of aromatic nitrogens is 1. The molecule has 22 heavy (non-hydrogen) atoms. The molecule has 0 spiro atoms. The van der Waals surface area contributed by atoms with Gasteiger partial charge in [-0.05, 0) is 12.1 Å². The van der Waals surface area contributed by atoms with Gasteiger partial charge in [0.15, 0.2) is 0 Å². The minimum atomic E-state index is -4.63. The van der Waals surface area contributed by atoms with Gasteiger partial charge in [0.1, 0.15) is 11.4 Å². The van der Waals surface area contributed by atoms with Crippen molar-refractivity contribution in [3.8, 4) is 0 Å². The minimum Gasteiger partial charge on any atom is -0.382 e. The second-order valence-corrected chi connectivity index (χ2v) is 4.45. The Morgan fingerprint density at radius 2 is 2.14 bits per heavy atom. The first-order valence-electron chi connectivity index (χ1n) is 6.10. The van der Waals surface area contributed by atoms with E-state index < -0.39 is 29.8 Å². The number of amides is 2. The van der Waals surface area contributed by atoms with Crippen molar-refractivity contribution in [3.63, 3.8) is 0 Å². The van der Waals surface area contributed by atoms with Crippen LogP contribution in [0.25, 0.3) is 0 Å². The van der Waals surface area contributed by atoms with Crippen molar-refractivity contribution >= 4 is 17.5 Å². The highest BCUT2D eigenvalue weighted by Crippen LogP contribution is 2.27. The second kappa shape index (κ2) is 6.00. The lowest BCUT2D eigenvalue weighted by Gasteiger charge is -2.08. The highest BCUT2D eigenvalue weighted by molar-refractivity contribution is 5.98. The van der Waals surface area contributed by atoms with E-state index >= 15 is 0 Å². The smallest absolute Gasteiger partial charge is 0.382 e. The molecule has 1 aromatic rings. The van der Waals surface area contributed by atoms with Crippen LogP contribution in [0.5, 0.6) is 0 Å². The largest absolute Gasteiger partial charge is 0.433 e. The van der Waals surface area contributed by atoms with E-state index in [0.29, 0.717) is 5.71 Å². The Balaban J connectivity index is 1.95. The zero-order valence-corrected chi connectivity index (χ0v) is 11.1. The van der Waals surface area contributed by atoms with E-state index in [2.05, 4.69) is 15.5 Å². The molecule has 1 unspecified atom stereocenters. The first-order valence-corrected chi connectivity index (χ1v) is 6.10. The Hall–Kier alpha value is -2.65. The van der Waals surface area contributed by atoms with E-state index in [1.54, 1.807) is 0 Å². The maximum absolute atomic E-state index is 12.5. The summed E-state index contributed by atoms with van der Waals surface area (Å²) in [6.07, 6.45) is -5.40. The monoisotopic (exact) mass is 316 g/mol. The summed E-state index contributed by atoms with van der Waals surface area (Å²) in [7, 11) is 0. The van der Waals surface area contributed by atoms with Crippen molar-refractivity contribution < 1.29 is 27.6 Å². The van der Waals surface area contributed by atoms with Crippen LogP contribution in [0.15, 0.2) is 23.4 Å². The van der Waals surface area contributed by atoms with E-state index in [1.165, 1.54) is 0 Å². The lowest BCUT2D eigenvalue weighted by atomic mass is 10.1. The van der Waals surface area contributed by atoms with Crippen LogP contribution >= 0.6 is 0 Å². The van der Waals surface area contributed by atoms with E-state index in [0.717, 1.165) is 18.2 Å². The van der Waals surface area contributed by atoms with Gasteiger partial charge in [-0.15, -0.1) is 0 Å². The van der Waals surface area contributed by atoms with Crippen LogP contribution in [0.1, 0.15) is 22.6 Å². The lowest BCUT2D eigenvalue weighted by molar-refractivity contribution is -0.141. The first kappa shape index (κ1) is 15.7. The number of rotatable bonds is 4. The molecule has 1 aromatic heterocycles. The molecule has 0 bridgehead atoms. The maximum Gasteiger partial charge on any atom is 0.433 e. The molecule has 10 heteroatoms. The summed E-state index contributed by atoms with van der Waals surface area (Å²) in [5.41, 5.74) is 3.84. The number of halogens is 3. The number of nitrogens with two attached hydrogens (primary N) is 1. The van der Waals surface area contributed by atoms with Crippen LogP contribution in [0, 0.1) is 0 Å². The molecule has 2 rings (SSSR count). The quantitative estimate of drug-likeness (QED) is 0.841. The fourth-order valence-electron chi connectivity index (χ4n) is 1.68. The topological polar surface area (TPSA) is 107 Å². The van der Waals surface area contributed by atoms with Crippen molar-refractivity contribution in [2.75, 3.05) is 6.54 Å². The van der Waals surface area contributed by atoms with Crippen molar-refractivity contribution in [3.05, 3.63) is 29.6 Å². The molecule has 1 aliphatic rings. The van der Waals surface area contributed by atoms with Crippen molar-refractivity contribution in [1.82, 2.24) is 10.3 Å². The molecule has 1 atom stereocenters. The molecule has 0 saturated heterocycles. The summed E-state index contributed by atoms with van der Waals surface area (Å²) in [5, 5.41) is 5.91. The van der Waals surface area contributed by atoms with Crippen molar-refractivity contribution in [1.29, 1.82) is 0 Å². The first-order chi connectivity index (χ1) is 10.3. The summed E-state index contributed by atoms with van der Waals surface area (Å²) in [5.74, 6) is -1.49. The zero-order chi connectivity index (χ0) is 16.3. The van der Waals surface area contributed by atoms with Crippen molar-refractivity contribution in [2.45, 2.75) is 18.7 Å². The molecule has 0 radical (unpaired) electrons. The summed E-state index contributed by atoms with van der Waals surface area (Å²) >= 11 is 0. The predicted molar refractivity (Wildman–Crippen MR) is 67.7 cm³/mol. The van der Waals surface area contributed by atoms with Crippen LogP contribution in [-0.4, -0.2) is 35.2 Å². The van der Waals surface area contributed by atoms with Gasteiger partial charge in [-0.1, -0.05) is 11.2 Å². The molecule has 2 amide bonds. The number of hydrogen-bond acceptors (Lipinski definition) is 5. The summed E-state index contributed by atoms with van der Waals surface area (Å²) in [4.78, 5) is 30.6. The Kier molecular flexibility index (Phi) is 4.29. The Morgan fingerprint density at radius 1 is 1.41 bits per heavy atom. The van der Waals surface area contributed by atoms with Crippen LogP contribution < -0.4 is 11.1 Å². The number of oxime groups is 1. The van der Waals surface area contributed by atoms with E-state index in [1.807, 2.05) is 0 Å². The normalized spacial score (nSPS) is 17.6. The molecular formula is C12H11F3N4O3. The van der Waals surface area contributed by atoms with E-state index in [-0.39, 0.29) is 18.7 Å². The molecule has 3 N–H and O–H groups in total. The highest BCUT2D eigenvalue weighted by Gasteiger charge is 2.33. The van der Waals surface area contributed by atoms with Gasteiger partial charge >= 0.3 is 6.18 Å². The zero-order valence-electron chi connectivity index (χ0n) is 11.1. The summed E-state index contributed by atoms with van der Waals surface area (Å²) < 4.78 is 37.5. The third-order valence-corrected chi connectivity index (χ3v) is 2.77. The SMILES string of the molecule is NC(=O)C1CC(CNC(=O)c2cccc(C(F)(F)F)n2)=NO1.